The van der Waals surface area contributed by atoms with Crippen molar-refractivity contribution < 1.29 is 85.3 Å². The molecular weight excluding hydrogens is 837 g/mol. The van der Waals surface area contributed by atoms with Crippen LogP contribution in [-0.4, -0.2) is 131 Å². The molecule has 15 nitrogen and oxygen atoms in total. The summed E-state index contributed by atoms with van der Waals surface area (Å²) in [6.45, 7) is 0. The van der Waals surface area contributed by atoms with E-state index in [0.717, 1.165) is 79.2 Å². The number of hydrogen-bond acceptors (Lipinski definition) is 15. The lowest BCUT2D eigenvalue weighted by Gasteiger charge is -2.27. The Morgan fingerprint density at radius 1 is 0.571 bits per heavy atom. The largest absolute Gasteiger partial charge is 0.466 e. The predicted octanol–water partition coefficient (Wildman–Crippen LogP) is 4.23. The lowest BCUT2D eigenvalue weighted by Crippen LogP contribution is -2.52. The lowest BCUT2D eigenvalue weighted by atomic mass is 9.86. The Hall–Kier alpha value is -5.33. The number of carbonyl (C=O) groups is 6. The van der Waals surface area contributed by atoms with E-state index in [0.29, 0.717) is 12.2 Å². The number of alkyl halides is 3. The highest BCUT2D eigenvalue weighted by molar-refractivity contribution is 6.05. The van der Waals surface area contributed by atoms with Crippen LogP contribution in [0.15, 0.2) is 85.1 Å². The quantitative estimate of drug-likeness (QED) is 0.115. The molecule has 2 N–H and O–H groups in total. The maximum atomic E-state index is 14.4. The van der Waals surface area contributed by atoms with Gasteiger partial charge in [0.15, 0.2) is 0 Å². The SMILES string of the molecule is C1=CC2C3C=CC(C3)C2C1.C1=CC2OC2C1.C1=CCC=C1.COC(=O)C(F)(C(=O)OC)[C@@H]1C=CC[C@H]1O.COC(=O)C(F)(C(=O)OC)[C@H]1C=CC[C@@H]1O.COC(=O)C(F)C(=O)OC. The molecule has 63 heavy (non-hydrogen) atoms. The van der Waals surface area contributed by atoms with E-state index in [2.05, 4.69) is 89.2 Å². The summed E-state index contributed by atoms with van der Waals surface area (Å²) in [5, 5.41) is 19.0. The normalized spacial score (nSPS) is 28.5. The molecule has 7 aliphatic carbocycles. The van der Waals surface area contributed by atoms with Crippen molar-refractivity contribution in [1.82, 2.24) is 0 Å². The van der Waals surface area contributed by atoms with Crippen molar-refractivity contribution in [3.05, 3.63) is 85.1 Å². The number of epoxide rings is 1. The number of hydrogen-bond donors (Lipinski definition) is 2. The molecule has 0 aromatic carbocycles. The number of allylic oxidation sites excluding steroid dienone is 8. The molecule has 0 radical (unpaired) electrons. The molecule has 10 atom stereocenters. The zero-order valence-electron chi connectivity index (χ0n) is 36.0. The Kier molecular flexibility index (Phi) is 20.2. The zero-order valence-corrected chi connectivity index (χ0v) is 36.0. The first-order valence-corrected chi connectivity index (χ1v) is 20.2. The summed E-state index contributed by atoms with van der Waals surface area (Å²) in [5.41, 5.74) is -5.98. The molecule has 1 saturated carbocycles. The molecule has 8 rings (SSSR count). The van der Waals surface area contributed by atoms with E-state index < -0.39 is 77.4 Å². The van der Waals surface area contributed by atoms with Gasteiger partial charge in [0.25, 0.3) is 6.17 Å². The molecule has 0 spiro atoms. The van der Waals surface area contributed by atoms with Gasteiger partial charge in [-0.2, -0.15) is 0 Å². The summed E-state index contributed by atoms with van der Waals surface area (Å²) in [5.74, 6) is -6.67. The van der Waals surface area contributed by atoms with Crippen molar-refractivity contribution in [2.75, 3.05) is 42.7 Å². The van der Waals surface area contributed by atoms with Gasteiger partial charge in [-0.3, -0.25) is 0 Å². The third-order valence-corrected chi connectivity index (χ3v) is 11.4. The van der Waals surface area contributed by atoms with Gasteiger partial charge < -0.3 is 43.4 Å². The first-order valence-electron chi connectivity index (χ1n) is 20.2. The van der Waals surface area contributed by atoms with Gasteiger partial charge in [-0.25, -0.2) is 41.9 Å². The van der Waals surface area contributed by atoms with Crippen LogP contribution in [0.5, 0.6) is 0 Å². The van der Waals surface area contributed by atoms with Crippen LogP contribution in [0.2, 0.25) is 0 Å². The van der Waals surface area contributed by atoms with Gasteiger partial charge in [-0.05, 0) is 62.2 Å². The summed E-state index contributed by atoms with van der Waals surface area (Å²) < 4.78 is 70.9. The first-order chi connectivity index (χ1) is 30.0. The van der Waals surface area contributed by atoms with Crippen molar-refractivity contribution in [2.45, 2.75) is 80.4 Å². The van der Waals surface area contributed by atoms with Gasteiger partial charge in [-0.1, -0.05) is 85.1 Å². The van der Waals surface area contributed by atoms with Gasteiger partial charge in [0.2, 0.25) is 0 Å². The molecule has 1 aliphatic heterocycles. The van der Waals surface area contributed by atoms with E-state index in [1.54, 1.807) is 0 Å². The molecule has 348 valence electrons. The second-order valence-corrected chi connectivity index (χ2v) is 15.1. The van der Waals surface area contributed by atoms with Gasteiger partial charge in [0.1, 0.15) is 6.10 Å². The van der Waals surface area contributed by atoms with Gasteiger partial charge >= 0.3 is 47.2 Å². The van der Waals surface area contributed by atoms with Crippen LogP contribution in [0.3, 0.4) is 0 Å². The Morgan fingerprint density at radius 3 is 1.29 bits per heavy atom. The number of fused-ring (bicyclic) bond motifs is 6. The van der Waals surface area contributed by atoms with Crippen LogP contribution in [0.1, 0.15) is 38.5 Å². The van der Waals surface area contributed by atoms with Crippen LogP contribution in [0.25, 0.3) is 0 Å². The zero-order chi connectivity index (χ0) is 46.9. The maximum Gasteiger partial charge on any atom is 0.356 e. The molecule has 0 aromatic heterocycles. The van der Waals surface area contributed by atoms with Crippen molar-refractivity contribution in [3.8, 4) is 0 Å². The predicted molar refractivity (Wildman–Crippen MR) is 218 cm³/mol. The Bertz CT molecular complexity index is 1700. The van der Waals surface area contributed by atoms with Crippen LogP contribution >= 0.6 is 0 Å². The molecule has 2 fully saturated rings. The smallest absolute Gasteiger partial charge is 0.356 e. The average Bonchev–Trinajstić information content (AvgIpc) is 4.14. The minimum atomic E-state index is -2.99. The third kappa shape index (κ3) is 12.9. The van der Waals surface area contributed by atoms with E-state index in [4.69, 9.17) is 4.74 Å². The summed E-state index contributed by atoms with van der Waals surface area (Å²) in [4.78, 5) is 65.7. The number of ether oxygens (including phenoxy) is 7. The van der Waals surface area contributed by atoms with Crippen molar-refractivity contribution in [2.24, 2.45) is 35.5 Å². The standard InChI is InChI=1S/2C10H13FO5.C10H12.C5H7FO4.C5H6O.C5H6/c2*1-15-8(13)10(11,9(14)16-2)6-4-3-5-7(6)12;1-2-9-7-4-5-8(6-7)10(9)3-1;1-9-4(7)3(6)5(8)10-2;1-2-4-5(3-1)6-4;1-2-4-5-3-1/h2*3-4,6-7,12H,5H2,1-2H3;1-2,4-5,7-10H,3,6H2;3H,1-2H3;1-2,4-5H,3H2;1-4H,5H2/t2*6-,7-;;;;/m10..../s1. The molecule has 6 unspecified atom stereocenters. The van der Waals surface area contributed by atoms with Crippen molar-refractivity contribution in [1.29, 1.82) is 0 Å². The van der Waals surface area contributed by atoms with Crippen LogP contribution in [-0.2, 0) is 61.9 Å². The van der Waals surface area contributed by atoms with Crippen LogP contribution in [0.4, 0.5) is 13.2 Å². The van der Waals surface area contributed by atoms with E-state index >= 15 is 0 Å². The minimum absolute atomic E-state index is 0.185. The number of carbonyl (C=O) groups excluding carboxylic acids is 6. The third-order valence-electron chi connectivity index (χ3n) is 11.4. The summed E-state index contributed by atoms with van der Waals surface area (Å²) in [7, 11) is 5.82. The second-order valence-electron chi connectivity index (χ2n) is 15.1. The topological polar surface area (TPSA) is 211 Å². The molecule has 18 heteroatoms. The summed E-state index contributed by atoms with van der Waals surface area (Å²) in [6.07, 6.45) is 29.9. The molecular formula is C45H57F3O15. The summed E-state index contributed by atoms with van der Waals surface area (Å²) >= 11 is 0. The molecule has 8 aliphatic rings. The van der Waals surface area contributed by atoms with Gasteiger partial charge in [0.05, 0.1) is 72.8 Å². The number of aliphatic hydroxyl groups excluding tert-OH is 2. The van der Waals surface area contributed by atoms with Gasteiger partial charge in [-0.15, -0.1) is 0 Å². The molecule has 1 saturated heterocycles. The van der Waals surface area contributed by atoms with Crippen molar-refractivity contribution in [3.63, 3.8) is 0 Å². The number of methoxy groups -OCH3 is 6. The number of halogens is 3. The van der Waals surface area contributed by atoms with Crippen LogP contribution < -0.4 is 0 Å². The van der Waals surface area contributed by atoms with Crippen molar-refractivity contribution >= 4 is 35.8 Å². The highest BCUT2D eigenvalue weighted by Crippen LogP contribution is 2.52. The fourth-order valence-electron chi connectivity index (χ4n) is 7.91. The highest BCUT2D eigenvalue weighted by atomic mass is 19.2. The van der Waals surface area contributed by atoms with E-state index in [1.165, 1.54) is 37.1 Å². The Morgan fingerprint density at radius 2 is 1.00 bits per heavy atom. The fraction of sp³-hybridized carbons (Fsp3) is 0.556. The molecule has 0 aromatic rings. The summed E-state index contributed by atoms with van der Waals surface area (Å²) in [6, 6.07) is 0. The molecule has 1 heterocycles. The number of esters is 6. The number of aliphatic hydroxyl groups is 2. The van der Waals surface area contributed by atoms with E-state index in [1.807, 2.05) is 0 Å². The first kappa shape index (κ1) is 52.0. The Labute approximate surface area is 364 Å². The van der Waals surface area contributed by atoms with E-state index in [9.17, 15) is 52.2 Å². The minimum Gasteiger partial charge on any atom is -0.466 e. The second kappa shape index (κ2) is 24.5. The molecule has 0 amide bonds. The number of rotatable bonds is 8. The van der Waals surface area contributed by atoms with E-state index in [-0.39, 0.29) is 12.8 Å². The van der Waals surface area contributed by atoms with Crippen LogP contribution in [0, 0.1) is 35.5 Å². The lowest BCUT2D eigenvalue weighted by molar-refractivity contribution is -0.179. The van der Waals surface area contributed by atoms with Gasteiger partial charge in [0, 0.05) is 0 Å². The maximum absolute atomic E-state index is 14.4. The monoisotopic (exact) mass is 894 g/mol. The molecule has 2 bridgehead atoms. The Balaban J connectivity index is 0.000000209. The average molecular weight is 895 g/mol. The fourth-order valence-corrected chi connectivity index (χ4v) is 7.91. The highest BCUT2D eigenvalue weighted by Gasteiger charge is 2.59.